The van der Waals surface area contributed by atoms with Crippen LogP contribution in [0, 0.1) is 0 Å². The van der Waals surface area contributed by atoms with E-state index in [1.165, 1.54) is 0 Å². The highest BCUT2D eigenvalue weighted by Crippen LogP contribution is 2.49. The van der Waals surface area contributed by atoms with Crippen LogP contribution in [0.5, 0.6) is 11.5 Å². The van der Waals surface area contributed by atoms with Gasteiger partial charge in [-0.2, -0.15) is 0 Å². The van der Waals surface area contributed by atoms with Crippen LogP contribution in [-0.2, 0) is 22.3 Å². The molecule has 0 aromatic heterocycles. The number of nitrogens with zero attached hydrogens (tertiary/aromatic N) is 1. The Kier molecular flexibility index (Phi) is 3.77. The van der Waals surface area contributed by atoms with Gasteiger partial charge >= 0.3 is 0 Å². The minimum Gasteiger partial charge on any atom is -0.504 e. The maximum absolute atomic E-state index is 11.7. The van der Waals surface area contributed by atoms with Crippen LogP contribution in [0.15, 0.2) is 12.1 Å². The summed E-state index contributed by atoms with van der Waals surface area (Å²) in [5.74, 6) is -0.0909. The predicted molar refractivity (Wildman–Crippen MR) is 94.4 cm³/mol. The van der Waals surface area contributed by atoms with E-state index in [1.807, 2.05) is 6.07 Å². The molecular weight excluding hydrogens is 334 g/mol. The van der Waals surface area contributed by atoms with Crippen LogP contribution in [0.1, 0.15) is 36.8 Å². The van der Waals surface area contributed by atoms with E-state index in [0.717, 1.165) is 36.9 Å². The van der Waals surface area contributed by atoms with E-state index < -0.39 is 17.5 Å². The van der Waals surface area contributed by atoms with E-state index in [1.54, 1.807) is 6.07 Å². The number of ether oxygens (including phenoxy) is 3. The number of fused-ring (bicyclic) bond motifs is 5. The third-order valence-corrected chi connectivity index (χ3v) is 6.81. The molecule has 3 unspecified atom stereocenters. The highest BCUT2D eigenvalue weighted by molar-refractivity contribution is 5.51. The average molecular weight is 361 g/mol. The van der Waals surface area contributed by atoms with Gasteiger partial charge in [0.25, 0.3) is 0 Å². The first-order valence-corrected chi connectivity index (χ1v) is 9.72. The van der Waals surface area contributed by atoms with Gasteiger partial charge in [0, 0.05) is 24.4 Å². The van der Waals surface area contributed by atoms with Crippen LogP contribution in [-0.4, -0.2) is 65.5 Å². The Morgan fingerprint density at radius 2 is 2.00 bits per heavy atom. The molecule has 6 heteroatoms. The number of aromatic hydroxyl groups is 1. The van der Waals surface area contributed by atoms with Crippen molar-refractivity contribution in [3.8, 4) is 11.5 Å². The van der Waals surface area contributed by atoms with Gasteiger partial charge in [0.15, 0.2) is 17.6 Å². The molecule has 142 valence electrons. The molecule has 0 amide bonds. The lowest BCUT2D eigenvalue weighted by Gasteiger charge is -2.50. The molecule has 5 rings (SSSR count). The Bertz CT molecular complexity index is 716. The summed E-state index contributed by atoms with van der Waals surface area (Å²) in [5, 5.41) is 22.2. The number of phenols is 1. The number of aliphatic hydroxyl groups is 1. The summed E-state index contributed by atoms with van der Waals surface area (Å²) in [6, 6.07) is 3.72. The summed E-state index contributed by atoms with van der Waals surface area (Å²) >= 11 is 0. The smallest absolute Gasteiger partial charge is 0.206 e. The number of hydrogen-bond acceptors (Lipinski definition) is 6. The largest absolute Gasteiger partial charge is 0.504 e. The number of rotatable bonds is 0. The molecule has 1 aromatic carbocycles. The zero-order valence-corrected chi connectivity index (χ0v) is 15.2. The molecule has 1 saturated carbocycles. The van der Waals surface area contributed by atoms with E-state index in [9.17, 15) is 10.2 Å². The fraction of sp³-hybridized carbons (Fsp3) is 0.700. The van der Waals surface area contributed by atoms with Gasteiger partial charge in [-0.05, 0) is 50.9 Å². The second-order valence-corrected chi connectivity index (χ2v) is 8.28. The first-order chi connectivity index (χ1) is 12.5. The monoisotopic (exact) mass is 361 g/mol. The lowest BCUT2D eigenvalue weighted by atomic mass is 9.72. The summed E-state index contributed by atoms with van der Waals surface area (Å²) in [7, 11) is 2.11. The van der Waals surface area contributed by atoms with Crippen molar-refractivity contribution in [2.45, 2.75) is 62.1 Å². The van der Waals surface area contributed by atoms with Crippen LogP contribution >= 0.6 is 0 Å². The van der Waals surface area contributed by atoms with Crippen LogP contribution < -0.4 is 4.74 Å². The summed E-state index contributed by atoms with van der Waals surface area (Å²) in [6.07, 6.45) is 3.83. The molecule has 1 saturated heterocycles. The van der Waals surface area contributed by atoms with Crippen molar-refractivity contribution >= 4 is 0 Å². The third-order valence-electron chi connectivity index (χ3n) is 6.81. The van der Waals surface area contributed by atoms with Crippen molar-refractivity contribution in [3.63, 3.8) is 0 Å². The highest BCUT2D eigenvalue weighted by Gasteiger charge is 2.57. The van der Waals surface area contributed by atoms with Gasteiger partial charge in [0.05, 0.1) is 18.8 Å². The first-order valence-electron chi connectivity index (χ1n) is 9.72. The average Bonchev–Trinajstić information content (AvgIpc) is 3.07. The van der Waals surface area contributed by atoms with Gasteiger partial charge < -0.3 is 29.3 Å². The van der Waals surface area contributed by atoms with E-state index in [-0.39, 0.29) is 11.8 Å². The number of hydrogen-bond donors (Lipinski definition) is 2. The molecule has 3 aliphatic heterocycles. The quantitative estimate of drug-likeness (QED) is 0.731. The second-order valence-electron chi connectivity index (χ2n) is 8.28. The lowest BCUT2D eigenvalue weighted by molar-refractivity contribution is -0.258. The number of benzene rings is 1. The third kappa shape index (κ3) is 2.39. The van der Waals surface area contributed by atoms with Gasteiger partial charge in [-0.15, -0.1) is 0 Å². The minimum absolute atomic E-state index is 0.0156. The van der Waals surface area contributed by atoms with Crippen molar-refractivity contribution in [3.05, 3.63) is 23.3 Å². The Balaban J connectivity index is 1.68. The Morgan fingerprint density at radius 3 is 2.81 bits per heavy atom. The number of likely N-dealkylation sites (N-methyl/N-ethyl adjacent to an activating group) is 1. The van der Waals surface area contributed by atoms with Crippen molar-refractivity contribution in [2.24, 2.45) is 0 Å². The molecule has 1 aliphatic carbocycles. The van der Waals surface area contributed by atoms with Gasteiger partial charge in [0.1, 0.15) is 0 Å². The predicted octanol–water partition coefficient (Wildman–Crippen LogP) is 1.60. The van der Waals surface area contributed by atoms with Crippen molar-refractivity contribution in [1.82, 2.24) is 4.90 Å². The first kappa shape index (κ1) is 16.8. The Hall–Kier alpha value is -1.34. The lowest BCUT2D eigenvalue weighted by Crippen LogP contribution is -2.62. The summed E-state index contributed by atoms with van der Waals surface area (Å²) in [4.78, 5) is 2.30. The normalized spacial score (nSPS) is 35.9. The minimum atomic E-state index is -0.864. The van der Waals surface area contributed by atoms with Crippen molar-refractivity contribution < 1.29 is 24.4 Å². The molecule has 3 heterocycles. The molecule has 2 N–H and O–H groups in total. The molecular formula is C20H27NO5. The zero-order valence-electron chi connectivity index (χ0n) is 15.2. The Morgan fingerprint density at radius 1 is 1.19 bits per heavy atom. The molecule has 6 nitrogen and oxygen atoms in total. The molecule has 2 fully saturated rings. The maximum Gasteiger partial charge on any atom is 0.206 e. The molecule has 6 bridgehead atoms. The van der Waals surface area contributed by atoms with Gasteiger partial charge in [-0.1, -0.05) is 6.07 Å². The highest BCUT2D eigenvalue weighted by atomic mass is 16.8. The van der Waals surface area contributed by atoms with E-state index >= 15 is 0 Å². The molecule has 0 radical (unpaired) electrons. The van der Waals surface area contributed by atoms with E-state index in [4.69, 9.17) is 14.2 Å². The summed E-state index contributed by atoms with van der Waals surface area (Å²) < 4.78 is 18.4. The van der Waals surface area contributed by atoms with Gasteiger partial charge in [-0.25, -0.2) is 0 Å². The van der Waals surface area contributed by atoms with Crippen molar-refractivity contribution in [2.75, 3.05) is 26.8 Å². The molecule has 1 spiro atoms. The van der Waals surface area contributed by atoms with Crippen LogP contribution in [0.2, 0.25) is 0 Å². The van der Waals surface area contributed by atoms with Crippen molar-refractivity contribution in [1.29, 1.82) is 0 Å². The fourth-order valence-corrected chi connectivity index (χ4v) is 5.39. The Labute approximate surface area is 153 Å². The van der Waals surface area contributed by atoms with E-state index in [2.05, 4.69) is 11.9 Å². The molecule has 4 aliphatic rings. The van der Waals surface area contributed by atoms with Crippen LogP contribution in [0.25, 0.3) is 0 Å². The SMILES string of the molecule is CN1CCCc2c3ccc(O)c2OC2CC(O)(CCC24OCCO4)C1C3. The summed E-state index contributed by atoms with van der Waals surface area (Å²) in [5.41, 5.74) is 1.38. The van der Waals surface area contributed by atoms with Gasteiger partial charge in [0.2, 0.25) is 5.79 Å². The number of phenolic OH excluding ortho intramolecular Hbond substituents is 1. The molecule has 3 atom stereocenters. The maximum atomic E-state index is 11.7. The van der Waals surface area contributed by atoms with E-state index in [0.29, 0.717) is 38.2 Å². The zero-order chi connectivity index (χ0) is 17.9. The molecule has 1 aromatic rings. The van der Waals surface area contributed by atoms with Crippen LogP contribution in [0.3, 0.4) is 0 Å². The standard InChI is InChI=1S/C20H27NO5/c1-21-8-2-3-14-13-4-5-15(22)18(14)26-17-12-19(23,16(21)11-13)6-7-20(17)24-9-10-25-20/h4-5,16-17,22-23H,2-3,6-12H2,1H3. The molecule has 26 heavy (non-hydrogen) atoms. The van der Waals surface area contributed by atoms with Crippen LogP contribution in [0.4, 0.5) is 0 Å². The summed E-state index contributed by atoms with van der Waals surface area (Å²) in [6.45, 7) is 2.01. The fourth-order valence-electron chi connectivity index (χ4n) is 5.39. The van der Waals surface area contributed by atoms with Gasteiger partial charge in [-0.3, -0.25) is 0 Å². The second kappa shape index (κ2) is 5.83. The topological polar surface area (TPSA) is 71.4 Å².